The lowest BCUT2D eigenvalue weighted by Gasteiger charge is -2.10. The number of hydrogen-bond acceptors (Lipinski definition) is 6. The molecular weight excluding hydrogens is 376 g/mol. The SMILES string of the molecule is CCOC(=O)CNC(=O)c1c(O)c2ccc(OCc3ccccc3)cc2[nH]c1=O. The zero-order chi connectivity index (χ0) is 20.8. The molecule has 0 saturated carbocycles. The Labute approximate surface area is 166 Å². The predicted octanol–water partition coefficient (Wildman–Crippen LogP) is 2.11. The van der Waals surface area contributed by atoms with Crippen molar-refractivity contribution in [3.63, 3.8) is 0 Å². The van der Waals surface area contributed by atoms with Crippen LogP contribution in [-0.2, 0) is 16.1 Å². The van der Waals surface area contributed by atoms with Crippen molar-refractivity contribution in [2.45, 2.75) is 13.5 Å². The summed E-state index contributed by atoms with van der Waals surface area (Å²) in [5, 5.41) is 13.0. The lowest BCUT2D eigenvalue weighted by Crippen LogP contribution is -2.34. The molecule has 3 aromatic rings. The van der Waals surface area contributed by atoms with Crippen molar-refractivity contribution < 1.29 is 24.2 Å². The highest BCUT2D eigenvalue weighted by Gasteiger charge is 2.20. The fourth-order valence-corrected chi connectivity index (χ4v) is 2.75. The lowest BCUT2D eigenvalue weighted by atomic mass is 10.1. The Balaban J connectivity index is 1.81. The van der Waals surface area contributed by atoms with Gasteiger partial charge in [-0.15, -0.1) is 0 Å². The van der Waals surface area contributed by atoms with Gasteiger partial charge in [0.1, 0.15) is 30.2 Å². The first-order valence-corrected chi connectivity index (χ1v) is 8.99. The summed E-state index contributed by atoms with van der Waals surface area (Å²) < 4.78 is 10.4. The van der Waals surface area contributed by atoms with Crippen molar-refractivity contribution in [2.75, 3.05) is 13.2 Å². The molecule has 29 heavy (non-hydrogen) atoms. The summed E-state index contributed by atoms with van der Waals surface area (Å²) in [5.74, 6) is -1.49. The number of carbonyl (C=O) groups is 2. The third kappa shape index (κ3) is 4.73. The summed E-state index contributed by atoms with van der Waals surface area (Å²) in [7, 11) is 0. The van der Waals surface area contributed by atoms with Gasteiger partial charge in [-0.1, -0.05) is 30.3 Å². The molecule has 8 nitrogen and oxygen atoms in total. The Morgan fingerprint density at radius 2 is 1.90 bits per heavy atom. The van der Waals surface area contributed by atoms with E-state index in [1.165, 1.54) is 0 Å². The molecule has 3 rings (SSSR count). The highest BCUT2D eigenvalue weighted by Crippen LogP contribution is 2.28. The molecule has 2 aromatic carbocycles. The van der Waals surface area contributed by atoms with Crippen molar-refractivity contribution in [3.05, 3.63) is 70.0 Å². The van der Waals surface area contributed by atoms with Crippen LogP contribution in [0.5, 0.6) is 11.5 Å². The molecule has 0 atom stereocenters. The van der Waals surface area contributed by atoms with Crippen LogP contribution < -0.4 is 15.6 Å². The average Bonchev–Trinajstić information content (AvgIpc) is 2.71. The maximum atomic E-state index is 12.3. The third-order valence-corrected chi connectivity index (χ3v) is 4.13. The fraction of sp³-hybridized carbons (Fsp3) is 0.190. The van der Waals surface area contributed by atoms with Gasteiger partial charge in [0.2, 0.25) is 0 Å². The van der Waals surface area contributed by atoms with Gasteiger partial charge in [-0.2, -0.15) is 0 Å². The number of aromatic nitrogens is 1. The van der Waals surface area contributed by atoms with Crippen molar-refractivity contribution in [3.8, 4) is 11.5 Å². The number of benzene rings is 2. The van der Waals surface area contributed by atoms with Crippen LogP contribution >= 0.6 is 0 Å². The number of hydrogen-bond donors (Lipinski definition) is 3. The van der Waals surface area contributed by atoms with Gasteiger partial charge in [-0.05, 0) is 24.6 Å². The summed E-state index contributed by atoms with van der Waals surface area (Å²) in [4.78, 5) is 38.5. The number of H-pyrrole nitrogens is 1. The van der Waals surface area contributed by atoms with Crippen LogP contribution in [-0.4, -0.2) is 35.1 Å². The fourth-order valence-electron chi connectivity index (χ4n) is 2.75. The van der Waals surface area contributed by atoms with Crippen LogP contribution in [0.15, 0.2) is 53.3 Å². The second-order valence-corrected chi connectivity index (χ2v) is 6.15. The zero-order valence-corrected chi connectivity index (χ0v) is 15.7. The lowest BCUT2D eigenvalue weighted by molar-refractivity contribution is -0.141. The number of ether oxygens (including phenoxy) is 2. The number of esters is 1. The molecular formula is C21H20N2O6. The zero-order valence-electron chi connectivity index (χ0n) is 15.7. The molecule has 0 aliphatic heterocycles. The van der Waals surface area contributed by atoms with Gasteiger partial charge in [0.15, 0.2) is 0 Å². The Hall–Kier alpha value is -3.81. The van der Waals surface area contributed by atoms with E-state index in [1.54, 1.807) is 25.1 Å². The predicted molar refractivity (Wildman–Crippen MR) is 106 cm³/mol. The van der Waals surface area contributed by atoms with Crippen LogP contribution in [0.25, 0.3) is 10.9 Å². The number of rotatable bonds is 7. The second kappa shape index (κ2) is 8.92. The van der Waals surface area contributed by atoms with Gasteiger partial charge < -0.3 is 24.9 Å². The molecule has 3 N–H and O–H groups in total. The maximum absolute atomic E-state index is 12.3. The van der Waals surface area contributed by atoms with Gasteiger partial charge in [0.25, 0.3) is 11.5 Å². The van der Waals surface area contributed by atoms with E-state index in [0.717, 1.165) is 5.56 Å². The number of carbonyl (C=O) groups excluding carboxylic acids is 2. The van der Waals surface area contributed by atoms with Crippen LogP contribution in [0, 0.1) is 0 Å². The summed E-state index contributed by atoms with van der Waals surface area (Å²) in [5.41, 5.74) is 0.0499. The molecule has 150 valence electrons. The first-order valence-electron chi connectivity index (χ1n) is 8.99. The van der Waals surface area contributed by atoms with Gasteiger partial charge in [0, 0.05) is 11.5 Å². The number of nitrogens with one attached hydrogen (secondary N) is 2. The number of pyridine rings is 1. The van der Waals surface area contributed by atoms with Crippen LogP contribution in [0.2, 0.25) is 0 Å². The molecule has 0 radical (unpaired) electrons. The Bertz CT molecular complexity index is 1090. The Morgan fingerprint density at radius 3 is 2.62 bits per heavy atom. The monoisotopic (exact) mass is 396 g/mol. The summed E-state index contributed by atoms with van der Waals surface area (Å²) in [6.45, 7) is 1.75. The van der Waals surface area contributed by atoms with E-state index in [9.17, 15) is 19.5 Å². The van der Waals surface area contributed by atoms with E-state index in [-0.39, 0.29) is 12.0 Å². The van der Waals surface area contributed by atoms with E-state index in [0.29, 0.717) is 17.9 Å². The van der Waals surface area contributed by atoms with Crippen LogP contribution in [0.3, 0.4) is 0 Å². The smallest absolute Gasteiger partial charge is 0.325 e. The van der Waals surface area contributed by atoms with Gasteiger partial charge in [-0.3, -0.25) is 14.4 Å². The Kier molecular flexibility index (Phi) is 6.13. The van der Waals surface area contributed by atoms with E-state index in [2.05, 4.69) is 10.3 Å². The molecule has 8 heteroatoms. The molecule has 0 fully saturated rings. The topological polar surface area (TPSA) is 118 Å². The van der Waals surface area contributed by atoms with E-state index >= 15 is 0 Å². The summed E-state index contributed by atoms with van der Waals surface area (Å²) in [6.07, 6.45) is 0. The quantitative estimate of drug-likeness (QED) is 0.527. The normalized spacial score (nSPS) is 10.5. The van der Waals surface area contributed by atoms with Crippen molar-refractivity contribution in [1.82, 2.24) is 10.3 Å². The van der Waals surface area contributed by atoms with Crippen LogP contribution in [0.1, 0.15) is 22.8 Å². The van der Waals surface area contributed by atoms with Gasteiger partial charge in [0.05, 0.1) is 12.1 Å². The van der Waals surface area contributed by atoms with Gasteiger partial charge >= 0.3 is 5.97 Å². The maximum Gasteiger partial charge on any atom is 0.325 e. The van der Waals surface area contributed by atoms with Crippen molar-refractivity contribution >= 4 is 22.8 Å². The minimum Gasteiger partial charge on any atom is -0.506 e. The molecule has 0 spiro atoms. The summed E-state index contributed by atoms with van der Waals surface area (Å²) >= 11 is 0. The van der Waals surface area contributed by atoms with E-state index in [4.69, 9.17) is 9.47 Å². The standard InChI is InChI=1S/C21H20N2O6/c1-2-28-17(24)11-22-20(26)18-19(25)15-9-8-14(10-16(15)23-21(18)27)29-12-13-6-4-3-5-7-13/h3-10H,2,11-12H2,1H3,(H,22,26)(H2,23,25,27). The third-order valence-electron chi connectivity index (χ3n) is 4.13. The molecule has 1 aromatic heterocycles. The number of aromatic hydroxyl groups is 1. The van der Waals surface area contributed by atoms with Crippen LogP contribution in [0.4, 0.5) is 0 Å². The number of fused-ring (bicyclic) bond motifs is 1. The van der Waals surface area contributed by atoms with Crippen molar-refractivity contribution in [2.24, 2.45) is 0 Å². The number of aromatic amines is 1. The molecule has 0 aliphatic rings. The first-order chi connectivity index (χ1) is 14.0. The molecule has 0 aliphatic carbocycles. The first kappa shape index (κ1) is 19.9. The molecule has 0 unspecified atom stereocenters. The minimum atomic E-state index is -0.872. The molecule has 1 amide bonds. The molecule has 0 bridgehead atoms. The van der Waals surface area contributed by atoms with E-state index < -0.39 is 35.3 Å². The van der Waals surface area contributed by atoms with Crippen molar-refractivity contribution in [1.29, 1.82) is 0 Å². The molecule has 0 saturated heterocycles. The van der Waals surface area contributed by atoms with Gasteiger partial charge in [-0.25, -0.2) is 0 Å². The minimum absolute atomic E-state index is 0.172. The summed E-state index contributed by atoms with van der Waals surface area (Å²) in [6, 6.07) is 14.3. The molecule has 1 heterocycles. The van der Waals surface area contributed by atoms with E-state index in [1.807, 2.05) is 30.3 Å². The number of amides is 1. The largest absolute Gasteiger partial charge is 0.506 e. The average molecular weight is 396 g/mol. The highest BCUT2D eigenvalue weighted by molar-refractivity contribution is 6.03. The Morgan fingerprint density at radius 1 is 1.14 bits per heavy atom. The second-order valence-electron chi connectivity index (χ2n) is 6.15. The highest BCUT2D eigenvalue weighted by atomic mass is 16.5.